The number of fused-ring (bicyclic) bond motifs is 1. The maximum atomic E-state index is 14.5. The van der Waals surface area contributed by atoms with Gasteiger partial charge >= 0.3 is 5.97 Å². The minimum Gasteiger partial charge on any atom is -0.487 e. The Labute approximate surface area is 175 Å². The highest BCUT2D eigenvalue weighted by molar-refractivity contribution is 6.34. The molecular weight excluding hydrogens is 415 g/mol. The highest BCUT2D eigenvalue weighted by Gasteiger charge is 2.35. The number of para-hydroxylation sites is 2. The van der Waals surface area contributed by atoms with Gasteiger partial charge in [0.2, 0.25) is 0 Å². The van der Waals surface area contributed by atoms with E-state index in [4.69, 9.17) is 30.6 Å². The van der Waals surface area contributed by atoms with E-state index in [2.05, 4.69) is 0 Å². The summed E-state index contributed by atoms with van der Waals surface area (Å²) in [5.74, 6) is -1.72. The number of ether oxygens (including phenoxy) is 2. The number of benzene rings is 2. The fourth-order valence-corrected chi connectivity index (χ4v) is 3.60. The van der Waals surface area contributed by atoms with Gasteiger partial charge in [-0.25, -0.2) is 4.39 Å². The van der Waals surface area contributed by atoms with Crippen molar-refractivity contribution in [2.24, 2.45) is 5.92 Å². The molecule has 156 valence electrons. The van der Waals surface area contributed by atoms with Gasteiger partial charge in [0, 0.05) is 6.07 Å². The van der Waals surface area contributed by atoms with Crippen molar-refractivity contribution < 1.29 is 28.2 Å². The summed E-state index contributed by atoms with van der Waals surface area (Å²) in [5, 5.41) is 9.49. The summed E-state index contributed by atoms with van der Waals surface area (Å²) in [6, 6.07) is 10.5. The minimum absolute atomic E-state index is 0.0563. The number of halogens is 2. The molecule has 0 aliphatic heterocycles. The first-order chi connectivity index (χ1) is 14.4. The molecule has 1 fully saturated rings. The number of hydrogen-bond donors (Lipinski definition) is 1. The van der Waals surface area contributed by atoms with Crippen LogP contribution < -0.4 is 10.2 Å². The Kier molecular flexibility index (Phi) is 5.74. The van der Waals surface area contributed by atoms with Gasteiger partial charge in [0.25, 0.3) is 0 Å². The Balaban J connectivity index is 1.51. The van der Waals surface area contributed by atoms with Crippen molar-refractivity contribution in [2.45, 2.75) is 18.9 Å². The lowest BCUT2D eigenvalue weighted by atomic mass is 9.82. The van der Waals surface area contributed by atoms with Crippen molar-refractivity contribution >= 4 is 28.5 Å². The zero-order valence-electron chi connectivity index (χ0n) is 15.8. The van der Waals surface area contributed by atoms with Crippen molar-refractivity contribution in [2.75, 3.05) is 13.2 Å². The molecule has 1 aromatic heterocycles. The van der Waals surface area contributed by atoms with Gasteiger partial charge in [-0.15, -0.1) is 0 Å². The van der Waals surface area contributed by atoms with E-state index in [9.17, 15) is 14.0 Å². The van der Waals surface area contributed by atoms with Crippen molar-refractivity contribution in [3.05, 3.63) is 63.5 Å². The average Bonchev–Trinajstić information content (AvgIpc) is 2.67. The highest BCUT2D eigenvalue weighted by atomic mass is 35.5. The van der Waals surface area contributed by atoms with E-state index in [1.54, 1.807) is 24.3 Å². The van der Waals surface area contributed by atoms with E-state index < -0.39 is 11.8 Å². The van der Waals surface area contributed by atoms with E-state index in [-0.39, 0.29) is 58.3 Å². The predicted octanol–water partition coefficient (Wildman–Crippen LogP) is 4.51. The van der Waals surface area contributed by atoms with Gasteiger partial charge in [-0.05, 0) is 37.1 Å². The second-order valence-corrected chi connectivity index (χ2v) is 7.46. The molecule has 1 saturated carbocycles. The van der Waals surface area contributed by atoms with E-state index in [0.29, 0.717) is 18.2 Å². The van der Waals surface area contributed by atoms with Crippen LogP contribution in [0.4, 0.5) is 4.39 Å². The predicted molar refractivity (Wildman–Crippen MR) is 108 cm³/mol. The van der Waals surface area contributed by atoms with E-state index in [1.807, 2.05) is 0 Å². The lowest BCUT2D eigenvalue weighted by Gasteiger charge is -2.32. The molecule has 8 heteroatoms. The van der Waals surface area contributed by atoms with Crippen molar-refractivity contribution in [3.8, 4) is 17.1 Å². The van der Waals surface area contributed by atoms with Gasteiger partial charge in [-0.2, -0.15) is 0 Å². The second kappa shape index (κ2) is 8.45. The number of carboxylic acid groups (broad SMARTS) is 1. The lowest BCUT2D eigenvalue weighted by molar-refractivity contribution is -0.151. The first-order valence-electron chi connectivity index (χ1n) is 9.42. The Hall–Kier alpha value is -2.90. The van der Waals surface area contributed by atoms with Crippen LogP contribution in [0, 0.1) is 11.7 Å². The summed E-state index contributed by atoms with van der Waals surface area (Å²) < 4.78 is 31.4. The quantitative estimate of drug-likeness (QED) is 0.553. The van der Waals surface area contributed by atoms with Crippen LogP contribution >= 0.6 is 11.6 Å². The van der Waals surface area contributed by atoms with Crippen LogP contribution in [-0.2, 0) is 9.53 Å². The first-order valence-corrected chi connectivity index (χ1v) is 9.80. The van der Waals surface area contributed by atoms with E-state index in [1.165, 1.54) is 18.2 Å². The van der Waals surface area contributed by atoms with E-state index >= 15 is 0 Å². The summed E-state index contributed by atoms with van der Waals surface area (Å²) in [6.07, 6.45) is 0.794. The third-order valence-electron chi connectivity index (χ3n) is 5.07. The molecule has 0 atom stereocenters. The first kappa shape index (κ1) is 20.4. The molecule has 0 radical (unpaired) electrons. The lowest BCUT2D eigenvalue weighted by Crippen LogP contribution is -2.37. The van der Waals surface area contributed by atoms with Gasteiger partial charge < -0.3 is 19.0 Å². The number of carbonyl (C=O) groups is 1. The normalized spacial score (nSPS) is 18.2. The van der Waals surface area contributed by atoms with Gasteiger partial charge in [0.05, 0.1) is 34.6 Å². The van der Waals surface area contributed by atoms with Crippen LogP contribution in [0.2, 0.25) is 5.02 Å². The Bertz CT molecular complexity index is 1150. The van der Waals surface area contributed by atoms with Crippen LogP contribution in [0.1, 0.15) is 12.8 Å². The highest BCUT2D eigenvalue weighted by Crippen LogP contribution is 2.35. The van der Waals surface area contributed by atoms with Crippen molar-refractivity contribution in [1.29, 1.82) is 0 Å². The fraction of sp³-hybridized carbons (Fsp3) is 0.273. The summed E-state index contributed by atoms with van der Waals surface area (Å²) in [7, 11) is 0. The maximum Gasteiger partial charge on any atom is 0.306 e. The molecule has 3 aromatic rings. The van der Waals surface area contributed by atoms with Crippen LogP contribution in [0.25, 0.3) is 22.3 Å². The number of hydrogen-bond acceptors (Lipinski definition) is 5. The molecule has 6 nitrogen and oxygen atoms in total. The molecule has 0 amide bonds. The SMILES string of the molecule is O=c1cc(-c2cccc(F)c2OCCO[C@H]2C[C@@H](C(=O)O)C2)oc2c(Cl)cccc12. The molecule has 0 spiro atoms. The Morgan fingerprint density at radius 2 is 1.97 bits per heavy atom. The largest absolute Gasteiger partial charge is 0.487 e. The molecule has 30 heavy (non-hydrogen) atoms. The van der Waals surface area contributed by atoms with Crippen LogP contribution in [-0.4, -0.2) is 30.4 Å². The molecule has 0 bridgehead atoms. The molecule has 2 aromatic carbocycles. The van der Waals surface area contributed by atoms with Gasteiger partial charge in [0.15, 0.2) is 22.6 Å². The minimum atomic E-state index is -0.820. The van der Waals surface area contributed by atoms with Crippen molar-refractivity contribution in [3.63, 3.8) is 0 Å². The molecule has 0 unspecified atom stereocenters. The van der Waals surface area contributed by atoms with Crippen LogP contribution in [0.5, 0.6) is 5.75 Å². The Morgan fingerprint density at radius 1 is 1.20 bits per heavy atom. The van der Waals surface area contributed by atoms with Gasteiger partial charge in [-0.1, -0.05) is 23.7 Å². The third-order valence-corrected chi connectivity index (χ3v) is 5.36. The molecule has 0 saturated heterocycles. The zero-order valence-corrected chi connectivity index (χ0v) is 16.5. The molecular formula is C22H18ClFO6. The molecule has 1 aliphatic rings. The summed E-state index contributed by atoms with van der Waals surface area (Å²) >= 11 is 6.15. The molecule has 4 rings (SSSR count). The van der Waals surface area contributed by atoms with Crippen molar-refractivity contribution in [1.82, 2.24) is 0 Å². The topological polar surface area (TPSA) is 86.0 Å². The third kappa shape index (κ3) is 4.04. The summed E-state index contributed by atoms with van der Waals surface area (Å²) in [6.45, 7) is 0.235. The monoisotopic (exact) mass is 432 g/mol. The number of carboxylic acids is 1. The average molecular weight is 433 g/mol. The number of rotatable bonds is 7. The van der Waals surface area contributed by atoms with Gasteiger partial charge in [-0.3, -0.25) is 9.59 Å². The molecule has 1 N–H and O–H groups in total. The Morgan fingerprint density at radius 3 is 2.73 bits per heavy atom. The summed E-state index contributed by atoms with van der Waals surface area (Å²) in [4.78, 5) is 23.3. The van der Waals surface area contributed by atoms with E-state index in [0.717, 1.165) is 0 Å². The smallest absolute Gasteiger partial charge is 0.306 e. The van der Waals surface area contributed by atoms with Gasteiger partial charge in [0.1, 0.15) is 12.4 Å². The summed E-state index contributed by atoms with van der Waals surface area (Å²) in [5.41, 5.74) is 0.201. The molecule has 1 aliphatic carbocycles. The standard InChI is InChI=1S/C22H18ClFO6/c23-16-5-1-3-14-18(25)11-19(30-20(14)16)15-4-2-6-17(24)21(15)29-8-7-28-13-9-12(10-13)22(26)27/h1-6,11-13H,7-10H2,(H,26,27)/t12-,13+. The van der Waals surface area contributed by atoms with Crippen LogP contribution in [0.15, 0.2) is 51.7 Å². The maximum absolute atomic E-state index is 14.5. The molecule has 1 heterocycles. The zero-order chi connectivity index (χ0) is 21.3. The second-order valence-electron chi connectivity index (χ2n) is 7.06. The number of aliphatic carboxylic acids is 1. The fourth-order valence-electron chi connectivity index (χ4n) is 3.39. The van der Waals surface area contributed by atoms with Crippen LogP contribution in [0.3, 0.4) is 0 Å².